The van der Waals surface area contributed by atoms with Crippen LogP contribution in [-0.4, -0.2) is 20.9 Å². The molecule has 2 aromatic heterocycles. The molecule has 0 radical (unpaired) electrons. The number of H-pyrrole nitrogens is 1. The minimum Gasteiger partial charge on any atom is -0.438 e. The van der Waals surface area contributed by atoms with Crippen molar-refractivity contribution in [2.24, 2.45) is 5.73 Å². The third-order valence-electron chi connectivity index (χ3n) is 3.65. The number of fused-ring (bicyclic) bond motifs is 2. The predicted octanol–water partition coefficient (Wildman–Crippen LogP) is 3.00. The number of nitrogens with two attached hydrogens (primary N) is 1. The first kappa shape index (κ1) is 13.3. The van der Waals surface area contributed by atoms with E-state index in [2.05, 4.69) is 15.0 Å². The highest BCUT2D eigenvalue weighted by Gasteiger charge is 2.09. The number of hydrogen-bond acceptors (Lipinski definition) is 4. The summed E-state index contributed by atoms with van der Waals surface area (Å²) in [4.78, 5) is 22.8. The number of carbonyl (C=O) groups is 1. The number of rotatable bonds is 3. The molecule has 0 atom stereocenters. The van der Waals surface area contributed by atoms with Gasteiger partial charge in [0.1, 0.15) is 17.7 Å². The summed E-state index contributed by atoms with van der Waals surface area (Å²) in [5.41, 5.74) is 6.61. The molecular weight excluding hydrogens is 292 g/mol. The molecule has 4 aromatic rings. The van der Waals surface area contributed by atoms with Gasteiger partial charge in [-0.2, -0.15) is 0 Å². The minimum atomic E-state index is -0.450. The first-order chi connectivity index (χ1) is 11.2. The molecule has 2 heterocycles. The van der Waals surface area contributed by atoms with E-state index in [0.717, 1.165) is 16.2 Å². The van der Waals surface area contributed by atoms with Crippen LogP contribution < -0.4 is 10.5 Å². The van der Waals surface area contributed by atoms with Gasteiger partial charge in [0.05, 0.1) is 5.39 Å². The number of benzene rings is 2. The lowest BCUT2D eigenvalue weighted by Crippen LogP contribution is -2.11. The Kier molecular flexibility index (Phi) is 2.94. The molecule has 0 aliphatic heterocycles. The molecule has 1 amide bonds. The van der Waals surface area contributed by atoms with Crippen molar-refractivity contribution < 1.29 is 9.53 Å². The van der Waals surface area contributed by atoms with Crippen LogP contribution in [0.25, 0.3) is 21.8 Å². The largest absolute Gasteiger partial charge is 0.438 e. The fourth-order valence-corrected chi connectivity index (χ4v) is 2.58. The van der Waals surface area contributed by atoms with E-state index in [1.807, 2.05) is 24.3 Å². The summed E-state index contributed by atoms with van der Waals surface area (Å²) in [6.45, 7) is 0. The SMILES string of the molecule is NC(=O)c1cccc2cc(Oc3ncnc4[nH]ccc34)ccc12. The lowest BCUT2D eigenvalue weighted by atomic mass is 10.0. The van der Waals surface area contributed by atoms with Crippen molar-refractivity contribution in [3.8, 4) is 11.6 Å². The highest BCUT2D eigenvalue weighted by atomic mass is 16.5. The monoisotopic (exact) mass is 304 g/mol. The maximum atomic E-state index is 11.5. The van der Waals surface area contributed by atoms with Crippen molar-refractivity contribution in [1.82, 2.24) is 15.0 Å². The standard InChI is InChI=1S/C17H12N4O2/c18-15(22)13-3-1-2-10-8-11(4-5-12(10)13)23-17-14-6-7-19-16(14)20-9-21-17/h1-9H,(H2,18,22)(H,19,20,21). The lowest BCUT2D eigenvalue weighted by molar-refractivity contribution is 0.100. The van der Waals surface area contributed by atoms with Crippen molar-refractivity contribution in [1.29, 1.82) is 0 Å². The van der Waals surface area contributed by atoms with Crippen LogP contribution in [0.1, 0.15) is 10.4 Å². The van der Waals surface area contributed by atoms with E-state index < -0.39 is 5.91 Å². The van der Waals surface area contributed by atoms with Gasteiger partial charge in [0, 0.05) is 11.8 Å². The fraction of sp³-hybridized carbons (Fsp3) is 0. The summed E-state index contributed by atoms with van der Waals surface area (Å²) in [5, 5.41) is 2.47. The quantitative estimate of drug-likeness (QED) is 0.608. The molecular formula is C17H12N4O2. The van der Waals surface area contributed by atoms with Gasteiger partial charge in [-0.1, -0.05) is 12.1 Å². The third-order valence-corrected chi connectivity index (χ3v) is 3.65. The molecule has 0 saturated heterocycles. The number of primary amides is 1. The van der Waals surface area contributed by atoms with Crippen molar-refractivity contribution in [3.05, 3.63) is 60.6 Å². The fourth-order valence-electron chi connectivity index (χ4n) is 2.58. The van der Waals surface area contributed by atoms with Crippen LogP contribution in [0.4, 0.5) is 0 Å². The molecule has 4 rings (SSSR count). The Balaban J connectivity index is 1.78. The molecule has 0 fully saturated rings. The van der Waals surface area contributed by atoms with E-state index in [1.54, 1.807) is 24.4 Å². The van der Waals surface area contributed by atoms with Gasteiger partial charge in [-0.25, -0.2) is 9.97 Å². The van der Waals surface area contributed by atoms with E-state index in [0.29, 0.717) is 22.8 Å². The highest BCUT2D eigenvalue weighted by molar-refractivity contribution is 6.06. The molecule has 3 N–H and O–H groups in total. The molecule has 0 saturated carbocycles. The maximum Gasteiger partial charge on any atom is 0.249 e. The Hall–Kier alpha value is -3.41. The summed E-state index contributed by atoms with van der Waals surface area (Å²) in [6, 6.07) is 12.7. The van der Waals surface area contributed by atoms with Crippen LogP contribution in [0.5, 0.6) is 11.6 Å². The molecule has 23 heavy (non-hydrogen) atoms. The van der Waals surface area contributed by atoms with E-state index in [9.17, 15) is 4.79 Å². The third kappa shape index (κ3) is 2.26. The van der Waals surface area contributed by atoms with Crippen LogP contribution in [0, 0.1) is 0 Å². The van der Waals surface area contributed by atoms with Gasteiger partial charge in [-0.15, -0.1) is 0 Å². The van der Waals surface area contributed by atoms with Gasteiger partial charge < -0.3 is 15.5 Å². The van der Waals surface area contributed by atoms with E-state index in [1.165, 1.54) is 6.33 Å². The Morgan fingerprint density at radius 3 is 2.87 bits per heavy atom. The van der Waals surface area contributed by atoms with Crippen LogP contribution in [0.3, 0.4) is 0 Å². The molecule has 0 aliphatic rings. The van der Waals surface area contributed by atoms with Crippen LogP contribution in [-0.2, 0) is 0 Å². The van der Waals surface area contributed by atoms with E-state index in [-0.39, 0.29) is 0 Å². The van der Waals surface area contributed by atoms with Crippen molar-refractivity contribution in [2.45, 2.75) is 0 Å². The Bertz CT molecular complexity index is 1040. The Morgan fingerprint density at radius 2 is 2.00 bits per heavy atom. The first-order valence-electron chi connectivity index (χ1n) is 7.01. The second-order valence-electron chi connectivity index (χ2n) is 5.07. The number of nitrogens with zero attached hydrogens (tertiary/aromatic N) is 2. The number of amides is 1. The molecule has 6 nitrogen and oxygen atoms in total. The zero-order valence-corrected chi connectivity index (χ0v) is 12.0. The number of carbonyl (C=O) groups excluding carboxylic acids is 1. The predicted molar refractivity (Wildman–Crippen MR) is 86.4 cm³/mol. The number of ether oxygens (including phenoxy) is 1. The van der Waals surface area contributed by atoms with Crippen LogP contribution in [0.2, 0.25) is 0 Å². The summed E-state index contributed by atoms with van der Waals surface area (Å²) in [5.74, 6) is 0.649. The second-order valence-corrected chi connectivity index (χ2v) is 5.07. The smallest absolute Gasteiger partial charge is 0.249 e. The molecule has 0 bridgehead atoms. The molecule has 0 aliphatic carbocycles. The second kappa shape index (κ2) is 5.10. The summed E-state index contributed by atoms with van der Waals surface area (Å²) in [6.07, 6.45) is 3.23. The zero-order chi connectivity index (χ0) is 15.8. The van der Waals surface area contributed by atoms with Gasteiger partial charge in [0.2, 0.25) is 11.8 Å². The first-order valence-corrected chi connectivity index (χ1v) is 7.01. The average molecular weight is 304 g/mol. The number of hydrogen-bond donors (Lipinski definition) is 2. The van der Waals surface area contributed by atoms with Gasteiger partial charge in [0.15, 0.2) is 0 Å². The minimum absolute atomic E-state index is 0.450. The van der Waals surface area contributed by atoms with Crippen molar-refractivity contribution in [3.63, 3.8) is 0 Å². The van der Waals surface area contributed by atoms with E-state index in [4.69, 9.17) is 10.5 Å². The van der Waals surface area contributed by atoms with Gasteiger partial charge in [-0.05, 0) is 41.1 Å². The van der Waals surface area contributed by atoms with Gasteiger partial charge >= 0.3 is 0 Å². The number of aromatic amines is 1. The molecule has 112 valence electrons. The normalized spacial score (nSPS) is 11.0. The summed E-state index contributed by atoms with van der Waals surface area (Å²) < 4.78 is 5.87. The number of aromatic nitrogens is 3. The summed E-state index contributed by atoms with van der Waals surface area (Å²) in [7, 11) is 0. The Labute approximate surface area is 130 Å². The molecule has 6 heteroatoms. The van der Waals surface area contributed by atoms with Crippen LogP contribution in [0.15, 0.2) is 55.0 Å². The topological polar surface area (TPSA) is 93.9 Å². The number of nitrogens with one attached hydrogen (secondary N) is 1. The average Bonchev–Trinajstić information content (AvgIpc) is 3.03. The molecule has 2 aromatic carbocycles. The van der Waals surface area contributed by atoms with E-state index >= 15 is 0 Å². The zero-order valence-electron chi connectivity index (χ0n) is 12.0. The van der Waals surface area contributed by atoms with Gasteiger partial charge in [0.25, 0.3) is 0 Å². The molecule has 0 unspecified atom stereocenters. The molecule has 0 spiro atoms. The maximum absolute atomic E-state index is 11.5. The van der Waals surface area contributed by atoms with Gasteiger partial charge in [-0.3, -0.25) is 4.79 Å². The summed E-state index contributed by atoms with van der Waals surface area (Å²) >= 11 is 0. The van der Waals surface area contributed by atoms with Crippen molar-refractivity contribution in [2.75, 3.05) is 0 Å². The lowest BCUT2D eigenvalue weighted by Gasteiger charge is -2.08. The van der Waals surface area contributed by atoms with Crippen LogP contribution >= 0.6 is 0 Å². The van der Waals surface area contributed by atoms with Crippen molar-refractivity contribution >= 4 is 27.7 Å². The highest BCUT2D eigenvalue weighted by Crippen LogP contribution is 2.29. The Morgan fingerprint density at radius 1 is 1.09 bits per heavy atom.